The number of hydrogen-bond acceptors (Lipinski definition) is 10. The zero-order chi connectivity index (χ0) is 23.3. The summed E-state index contributed by atoms with van der Waals surface area (Å²) in [6, 6.07) is 6.62. The maximum Gasteiger partial charge on any atom is 0.469 e. The van der Waals surface area contributed by atoms with Gasteiger partial charge >= 0.3 is 7.82 Å². The SMILES string of the molecule is Fc1ccccc1CNc1ncnc2nc[nH]c12.O=P(O)(O)OC[C@H]1OC(O)[C@H](O)[C@@H]1O. The second-order valence-corrected chi connectivity index (χ2v) is 7.84. The van der Waals surface area contributed by atoms with E-state index in [2.05, 4.69) is 34.5 Å². The Morgan fingerprint density at radius 2 is 1.91 bits per heavy atom. The third-order valence-electron chi connectivity index (χ3n) is 4.37. The number of fused-ring (bicyclic) bond motifs is 1. The molecule has 1 saturated heterocycles. The van der Waals surface area contributed by atoms with Gasteiger partial charge in [0.2, 0.25) is 0 Å². The standard InChI is InChI=1S/C12H10FN5.C5H11O8P/c13-9-4-2-1-3-8(9)5-14-11-10-12(16-6-15-10)18-7-17-11;6-3-2(1-12-14(9,10)11)13-5(8)4(3)7/h1-4,6-7H,5H2,(H2,14,15,16,17,18);2-8H,1H2,(H2,9,10,11)/t;2-,3-,4-,5?/m.1/s1. The number of aromatic nitrogens is 4. The lowest BCUT2D eigenvalue weighted by Gasteiger charge is -2.14. The third-order valence-corrected chi connectivity index (χ3v) is 4.86. The second-order valence-electron chi connectivity index (χ2n) is 6.60. The molecule has 0 radical (unpaired) electrons. The molecule has 32 heavy (non-hydrogen) atoms. The summed E-state index contributed by atoms with van der Waals surface area (Å²) in [5, 5.41) is 30.1. The van der Waals surface area contributed by atoms with Gasteiger partial charge in [-0.05, 0) is 6.07 Å². The van der Waals surface area contributed by atoms with Gasteiger partial charge in [0.15, 0.2) is 17.8 Å². The van der Waals surface area contributed by atoms with Crippen LogP contribution in [0.3, 0.4) is 0 Å². The molecule has 1 unspecified atom stereocenters. The van der Waals surface area contributed by atoms with Gasteiger partial charge in [-0.1, -0.05) is 18.2 Å². The van der Waals surface area contributed by atoms with Crippen LogP contribution >= 0.6 is 7.82 Å². The Morgan fingerprint density at radius 3 is 2.56 bits per heavy atom. The number of anilines is 1. The number of imidazole rings is 1. The molecular weight excluding hydrogens is 452 g/mol. The average molecular weight is 473 g/mol. The maximum absolute atomic E-state index is 13.5. The molecule has 7 N–H and O–H groups in total. The molecule has 2 aromatic heterocycles. The highest BCUT2D eigenvalue weighted by atomic mass is 31.2. The lowest BCUT2D eigenvalue weighted by atomic mass is 10.1. The van der Waals surface area contributed by atoms with Crippen molar-refractivity contribution < 1.29 is 43.3 Å². The normalized spacial score (nSPS) is 23.1. The first-order valence-electron chi connectivity index (χ1n) is 9.17. The lowest BCUT2D eigenvalue weighted by Crippen LogP contribution is -2.34. The van der Waals surface area contributed by atoms with Gasteiger partial charge in [0.1, 0.15) is 36.0 Å². The summed E-state index contributed by atoms with van der Waals surface area (Å²) in [5.41, 5.74) is 1.89. The fraction of sp³-hybridized carbons (Fsp3) is 0.353. The molecule has 0 bridgehead atoms. The molecule has 4 atom stereocenters. The summed E-state index contributed by atoms with van der Waals surface area (Å²) in [7, 11) is -4.64. The molecule has 3 heterocycles. The van der Waals surface area contributed by atoms with Crippen molar-refractivity contribution >= 4 is 24.8 Å². The molecule has 1 fully saturated rings. The van der Waals surface area contributed by atoms with E-state index in [1.54, 1.807) is 24.5 Å². The van der Waals surface area contributed by atoms with Gasteiger partial charge in [-0.15, -0.1) is 0 Å². The van der Waals surface area contributed by atoms with Crippen LogP contribution in [0.1, 0.15) is 5.56 Å². The number of nitrogens with zero attached hydrogens (tertiary/aromatic N) is 3. The number of H-pyrrole nitrogens is 1. The maximum atomic E-state index is 13.5. The number of phosphoric ester groups is 1. The molecule has 0 saturated carbocycles. The fourth-order valence-corrected chi connectivity index (χ4v) is 3.10. The van der Waals surface area contributed by atoms with Crippen molar-refractivity contribution in [3.05, 3.63) is 48.3 Å². The van der Waals surface area contributed by atoms with Crippen molar-refractivity contribution in [1.82, 2.24) is 19.9 Å². The molecule has 0 spiro atoms. The van der Waals surface area contributed by atoms with Crippen LogP contribution in [-0.2, 0) is 20.4 Å². The van der Waals surface area contributed by atoms with Crippen LogP contribution in [0, 0.1) is 5.82 Å². The van der Waals surface area contributed by atoms with Crippen molar-refractivity contribution in [3.63, 3.8) is 0 Å². The first-order valence-corrected chi connectivity index (χ1v) is 10.7. The Hall–Kier alpha value is -2.55. The number of aliphatic hydroxyl groups excluding tert-OH is 3. The number of phosphoric acid groups is 1. The van der Waals surface area contributed by atoms with Gasteiger partial charge in [-0.2, -0.15) is 0 Å². The van der Waals surface area contributed by atoms with Gasteiger partial charge in [0, 0.05) is 12.1 Å². The van der Waals surface area contributed by atoms with Gasteiger partial charge in [-0.3, -0.25) is 4.52 Å². The molecule has 15 heteroatoms. The zero-order valence-corrected chi connectivity index (χ0v) is 17.2. The average Bonchev–Trinajstić information content (AvgIpc) is 3.32. The summed E-state index contributed by atoms with van der Waals surface area (Å²) >= 11 is 0. The van der Waals surface area contributed by atoms with Crippen molar-refractivity contribution in [2.24, 2.45) is 0 Å². The fourth-order valence-electron chi connectivity index (χ4n) is 2.76. The van der Waals surface area contributed by atoms with E-state index in [0.717, 1.165) is 0 Å². The zero-order valence-electron chi connectivity index (χ0n) is 16.3. The Labute approximate surface area is 180 Å². The first kappa shape index (κ1) is 24.1. The van der Waals surface area contributed by atoms with E-state index in [4.69, 9.17) is 25.1 Å². The van der Waals surface area contributed by atoms with Gasteiger partial charge in [0.05, 0.1) is 12.9 Å². The van der Waals surface area contributed by atoms with Crippen LogP contribution in [0.4, 0.5) is 10.2 Å². The highest BCUT2D eigenvalue weighted by molar-refractivity contribution is 7.46. The summed E-state index contributed by atoms with van der Waals surface area (Å²) in [6.45, 7) is -0.253. The van der Waals surface area contributed by atoms with Gasteiger partial charge in [0.25, 0.3) is 0 Å². The molecule has 3 aromatic rings. The minimum atomic E-state index is -4.64. The van der Waals surface area contributed by atoms with Crippen LogP contribution in [0.2, 0.25) is 0 Å². The van der Waals surface area contributed by atoms with Crippen LogP contribution in [0.15, 0.2) is 36.9 Å². The van der Waals surface area contributed by atoms with E-state index in [9.17, 15) is 8.96 Å². The van der Waals surface area contributed by atoms with Gasteiger partial charge < -0.3 is 40.1 Å². The minimum Gasteiger partial charge on any atom is -0.387 e. The molecule has 1 aliphatic heterocycles. The van der Waals surface area contributed by atoms with E-state index in [-0.39, 0.29) is 5.82 Å². The van der Waals surface area contributed by atoms with Crippen LogP contribution in [0.25, 0.3) is 11.2 Å². The van der Waals surface area contributed by atoms with Crippen molar-refractivity contribution in [2.75, 3.05) is 11.9 Å². The smallest absolute Gasteiger partial charge is 0.387 e. The molecule has 0 amide bonds. The van der Waals surface area contributed by atoms with E-state index in [0.29, 0.717) is 29.1 Å². The molecular formula is C17H21FN5O8P. The van der Waals surface area contributed by atoms with Crippen LogP contribution in [0.5, 0.6) is 0 Å². The summed E-state index contributed by atoms with van der Waals surface area (Å²) in [6.07, 6.45) is -2.69. The Morgan fingerprint density at radius 1 is 1.16 bits per heavy atom. The molecule has 13 nitrogen and oxygen atoms in total. The van der Waals surface area contributed by atoms with Crippen molar-refractivity contribution in [1.29, 1.82) is 0 Å². The first-order chi connectivity index (χ1) is 15.2. The number of ether oxygens (including phenoxy) is 1. The number of aromatic amines is 1. The van der Waals surface area contributed by atoms with E-state index in [1.807, 2.05) is 0 Å². The predicted octanol–water partition coefficient (Wildman–Crippen LogP) is -0.361. The number of nitrogens with one attached hydrogen (secondary N) is 2. The number of hydrogen-bond donors (Lipinski definition) is 7. The predicted molar refractivity (Wildman–Crippen MR) is 106 cm³/mol. The summed E-state index contributed by atoms with van der Waals surface area (Å²) in [4.78, 5) is 31.7. The third kappa shape index (κ3) is 6.25. The number of aliphatic hydroxyl groups is 3. The van der Waals surface area contributed by atoms with E-state index >= 15 is 0 Å². The topological polar surface area (TPSA) is 203 Å². The molecule has 174 valence electrons. The Kier molecular flexibility index (Phi) is 7.82. The lowest BCUT2D eigenvalue weighted by molar-refractivity contribution is -0.132. The van der Waals surface area contributed by atoms with Crippen molar-refractivity contribution in [2.45, 2.75) is 31.1 Å². The highest BCUT2D eigenvalue weighted by Gasteiger charge is 2.42. The number of benzene rings is 1. The van der Waals surface area contributed by atoms with E-state index in [1.165, 1.54) is 12.4 Å². The van der Waals surface area contributed by atoms with Crippen molar-refractivity contribution in [3.8, 4) is 0 Å². The van der Waals surface area contributed by atoms with Gasteiger partial charge in [-0.25, -0.2) is 23.9 Å². The summed E-state index contributed by atoms with van der Waals surface area (Å²) < 4.78 is 32.3. The molecule has 0 aliphatic carbocycles. The Balaban J connectivity index is 0.000000188. The summed E-state index contributed by atoms with van der Waals surface area (Å²) in [5.74, 6) is 0.376. The highest BCUT2D eigenvalue weighted by Crippen LogP contribution is 2.37. The molecule has 1 aliphatic rings. The molecule has 1 aromatic carbocycles. The Bertz CT molecular complexity index is 1080. The van der Waals surface area contributed by atoms with Crippen LogP contribution in [-0.4, -0.2) is 76.3 Å². The minimum absolute atomic E-state index is 0.236. The quantitative estimate of drug-likeness (QED) is 0.229. The largest absolute Gasteiger partial charge is 0.469 e. The number of rotatable bonds is 6. The van der Waals surface area contributed by atoms with E-state index < -0.39 is 39.0 Å². The monoisotopic (exact) mass is 473 g/mol. The number of halogens is 1. The van der Waals surface area contributed by atoms with Crippen LogP contribution < -0.4 is 5.32 Å². The molecule has 4 rings (SSSR count). The second kappa shape index (κ2) is 10.4.